The molecule has 1 saturated carbocycles. The van der Waals surface area contributed by atoms with E-state index >= 15 is 0 Å². The first kappa shape index (κ1) is 16.1. The Kier molecular flexibility index (Phi) is 3.35. The van der Waals surface area contributed by atoms with Crippen molar-refractivity contribution in [3.63, 3.8) is 0 Å². The van der Waals surface area contributed by atoms with Gasteiger partial charge in [-0.25, -0.2) is 0 Å². The average Bonchev–Trinajstić information content (AvgIpc) is 2.97. The minimum absolute atomic E-state index is 0.0469. The van der Waals surface area contributed by atoms with E-state index in [1.807, 2.05) is 12.1 Å². The van der Waals surface area contributed by atoms with E-state index in [2.05, 4.69) is 39.8 Å². The van der Waals surface area contributed by atoms with Crippen LogP contribution in [0, 0.1) is 17.8 Å². The highest BCUT2D eigenvalue weighted by Gasteiger charge is 2.69. The second-order valence-corrected chi connectivity index (χ2v) is 9.62. The lowest BCUT2D eigenvalue weighted by Gasteiger charge is -2.52. The van der Waals surface area contributed by atoms with Crippen LogP contribution >= 0.6 is 23.2 Å². The normalized spacial score (nSPS) is 43.0. The van der Waals surface area contributed by atoms with E-state index < -0.39 is 4.33 Å². The molecule has 5 atom stereocenters. The fourth-order valence-electron chi connectivity index (χ4n) is 4.83. The van der Waals surface area contributed by atoms with E-state index in [1.165, 1.54) is 0 Å². The van der Waals surface area contributed by atoms with Crippen LogP contribution in [0.3, 0.4) is 0 Å². The number of hydrogen-bond donors (Lipinski definition) is 0. The summed E-state index contributed by atoms with van der Waals surface area (Å²) in [5.41, 5.74) is 0.657. The maximum Gasteiger partial charge on any atom is 0.127 e. The van der Waals surface area contributed by atoms with Crippen molar-refractivity contribution in [3.8, 4) is 5.75 Å². The molecule has 1 aromatic carbocycles. The minimum Gasteiger partial charge on any atom is -0.487 e. The monoisotopic (exact) mass is 354 g/mol. The molecule has 1 saturated heterocycles. The highest BCUT2D eigenvalue weighted by atomic mass is 35.5. The van der Waals surface area contributed by atoms with Gasteiger partial charge in [0.15, 0.2) is 0 Å². The van der Waals surface area contributed by atoms with Gasteiger partial charge in [-0.2, -0.15) is 0 Å². The van der Waals surface area contributed by atoms with E-state index in [1.54, 1.807) is 0 Å². The summed E-state index contributed by atoms with van der Waals surface area (Å²) in [6, 6.07) is 8.23. The van der Waals surface area contributed by atoms with Crippen molar-refractivity contribution in [2.75, 3.05) is 0 Å². The molecule has 1 aliphatic carbocycles. The van der Waals surface area contributed by atoms with Crippen molar-refractivity contribution >= 4 is 23.2 Å². The third-order valence-corrected chi connectivity index (χ3v) is 7.43. The van der Waals surface area contributed by atoms with Crippen LogP contribution in [-0.4, -0.2) is 15.5 Å². The molecule has 0 aromatic heterocycles. The zero-order chi connectivity index (χ0) is 16.6. The van der Waals surface area contributed by atoms with E-state index in [0.717, 1.165) is 24.2 Å². The first-order chi connectivity index (χ1) is 10.7. The Balaban J connectivity index is 1.71. The maximum absolute atomic E-state index is 6.72. The van der Waals surface area contributed by atoms with E-state index in [-0.39, 0.29) is 29.1 Å². The van der Waals surface area contributed by atoms with E-state index in [9.17, 15) is 0 Å². The Hall–Kier alpha value is -0.440. The quantitative estimate of drug-likeness (QED) is 0.617. The molecule has 0 amide bonds. The zero-order valence-electron chi connectivity index (χ0n) is 14.1. The topological polar surface area (TPSA) is 18.5 Å². The average molecular weight is 355 g/mol. The Morgan fingerprint density at radius 3 is 2.43 bits per heavy atom. The molecule has 126 valence electrons. The van der Waals surface area contributed by atoms with Crippen molar-refractivity contribution in [2.45, 2.75) is 62.2 Å². The molecule has 0 unspecified atom stereocenters. The number of halogens is 2. The molecule has 0 spiro atoms. The summed E-state index contributed by atoms with van der Waals surface area (Å²) in [4.78, 5) is 0. The molecular formula is C19H24Cl2O2. The number of rotatable bonds is 1. The van der Waals surface area contributed by atoms with Gasteiger partial charge in [0.2, 0.25) is 0 Å². The molecule has 3 aliphatic rings. The third-order valence-electron chi connectivity index (χ3n) is 6.28. The summed E-state index contributed by atoms with van der Waals surface area (Å²) in [5, 5.41) is 0. The zero-order valence-corrected chi connectivity index (χ0v) is 15.6. The number of ether oxygens (including phenoxy) is 2. The number of hydrogen-bond acceptors (Lipinski definition) is 2. The summed E-state index contributed by atoms with van der Waals surface area (Å²) < 4.78 is 12.3. The van der Waals surface area contributed by atoms with Crippen molar-refractivity contribution in [3.05, 3.63) is 29.8 Å². The molecule has 0 radical (unpaired) electrons. The van der Waals surface area contributed by atoms with E-state index in [4.69, 9.17) is 32.7 Å². The Bertz CT molecular complexity index is 642. The number of para-hydroxylation sites is 1. The summed E-state index contributed by atoms with van der Waals surface area (Å²) in [5.74, 6) is 1.75. The molecular weight excluding hydrogens is 331 g/mol. The molecule has 0 bridgehead atoms. The summed E-state index contributed by atoms with van der Waals surface area (Å²) in [6.07, 6.45) is 2.08. The van der Waals surface area contributed by atoms with Crippen LogP contribution in [0.15, 0.2) is 24.3 Å². The number of benzene rings is 1. The second-order valence-electron chi connectivity index (χ2n) is 8.18. The lowest BCUT2D eigenvalue weighted by molar-refractivity contribution is -0.199. The van der Waals surface area contributed by atoms with Crippen LogP contribution in [0.4, 0.5) is 0 Å². The van der Waals surface area contributed by atoms with Crippen LogP contribution in [0.2, 0.25) is 0 Å². The van der Waals surface area contributed by atoms with Gasteiger partial charge in [-0.1, -0.05) is 25.1 Å². The largest absolute Gasteiger partial charge is 0.487 e. The lowest BCUT2D eigenvalue weighted by Crippen LogP contribution is -2.52. The SMILES string of the molecule is C[C@@H]1[C@@H]([C@@]2(C)CC[C@@H]3[C@@H](O2)c2ccccc2OC3(C)C)C1(Cl)Cl. The van der Waals surface area contributed by atoms with Crippen molar-refractivity contribution in [1.82, 2.24) is 0 Å². The van der Waals surface area contributed by atoms with Gasteiger partial charge < -0.3 is 9.47 Å². The maximum atomic E-state index is 6.72. The fraction of sp³-hybridized carbons (Fsp3) is 0.684. The fourth-order valence-corrected chi connectivity index (χ4v) is 5.79. The minimum atomic E-state index is -0.651. The van der Waals surface area contributed by atoms with Gasteiger partial charge in [0.05, 0.1) is 11.7 Å². The molecule has 2 heterocycles. The van der Waals surface area contributed by atoms with Crippen LogP contribution in [0.1, 0.15) is 52.2 Å². The second kappa shape index (κ2) is 4.80. The predicted molar refractivity (Wildman–Crippen MR) is 93.2 cm³/mol. The predicted octanol–water partition coefficient (Wildman–Crippen LogP) is 5.52. The van der Waals surface area contributed by atoms with Crippen LogP contribution in [0.25, 0.3) is 0 Å². The lowest BCUT2D eigenvalue weighted by atomic mass is 9.72. The van der Waals surface area contributed by atoms with Gasteiger partial charge in [-0.15, -0.1) is 23.2 Å². The van der Waals surface area contributed by atoms with Crippen LogP contribution < -0.4 is 4.74 Å². The van der Waals surface area contributed by atoms with Gasteiger partial charge in [0.1, 0.15) is 15.7 Å². The molecule has 23 heavy (non-hydrogen) atoms. The molecule has 4 rings (SSSR count). The summed E-state index contributed by atoms with van der Waals surface area (Å²) >= 11 is 12.9. The van der Waals surface area contributed by atoms with Gasteiger partial charge >= 0.3 is 0 Å². The highest BCUT2D eigenvalue weighted by molar-refractivity contribution is 6.51. The van der Waals surface area contributed by atoms with Gasteiger partial charge in [0, 0.05) is 17.4 Å². The number of alkyl halides is 2. The molecule has 2 fully saturated rings. The summed E-state index contributed by atoms with van der Waals surface area (Å²) in [7, 11) is 0. The Morgan fingerprint density at radius 1 is 1.13 bits per heavy atom. The molecule has 2 aliphatic heterocycles. The molecule has 0 N–H and O–H groups in total. The standard InChI is InChI=1S/C19H24Cl2O2/c1-11-16(19(11,20)21)18(4)10-9-13-15(23-18)12-7-5-6-8-14(12)22-17(13,2)3/h5-8,11,13,15-16H,9-10H2,1-4H3/t11-,13-,15+,16+,18-/m1/s1. The van der Waals surface area contributed by atoms with Crippen LogP contribution in [-0.2, 0) is 4.74 Å². The number of fused-ring (bicyclic) bond motifs is 3. The van der Waals surface area contributed by atoms with Crippen molar-refractivity contribution < 1.29 is 9.47 Å². The van der Waals surface area contributed by atoms with Crippen molar-refractivity contribution in [2.24, 2.45) is 17.8 Å². The highest BCUT2D eigenvalue weighted by Crippen LogP contribution is 2.67. The van der Waals surface area contributed by atoms with Gasteiger partial charge in [-0.3, -0.25) is 0 Å². The van der Waals surface area contributed by atoms with Gasteiger partial charge in [0.25, 0.3) is 0 Å². The summed E-state index contributed by atoms with van der Waals surface area (Å²) in [6.45, 7) is 8.63. The first-order valence-electron chi connectivity index (χ1n) is 8.50. The molecule has 2 nitrogen and oxygen atoms in total. The van der Waals surface area contributed by atoms with E-state index in [0.29, 0.717) is 5.92 Å². The Morgan fingerprint density at radius 2 is 1.78 bits per heavy atom. The van der Waals surface area contributed by atoms with Gasteiger partial charge in [-0.05, 0) is 45.6 Å². The van der Waals surface area contributed by atoms with Crippen LogP contribution in [0.5, 0.6) is 5.75 Å². The smallest absolute Gasteiger partial charge is 0.127 e. The molecule has 1 aromatic rings. The molecule has 4 heteroatoms. The van der Waals surface area contributed by atoms with Crippen molar-refractivity contribution in [1.29, 1.82) is 0 Å². The Labute approximate surface area is 148 Å². The third kappa shape index (κ3) is 2.25. The first-order valence-corrected chi connectivity index (χ1v) is 9.26.